The van der Waals surface area contributed by atoms with E-state index >= 15 is 0 Å². The molecule has 1 amide bonds. The van der Waals surface area contributed by atoms with Gasteiger partial charge in [-0.15, -0.1) is 11.3 Å². The number of aromatic amines is 1. The highest BCUT2D eigenvalue weighted by atomic mass is 32.1. The monoisotopic (exact) mass is 442 g/mol. The number of carbonyl (C=O) groups excluding carboxylic acids is 1. The molecule has 158 valence electrons. The minimum Gasteiger partial charge on any atom is -0.357 e. The number of H-pyrrole nitrogens is 1. The summed E-state index contributed by atoms with van der Waals surface area (Å²) in [5.74, 6) is 1.78. The van der Waals surface area contributed by atoms with Crippen LogP contribution in [0.15, 0.2) is 35.8 Å². The van der Waals surface area contributed by atoms with Gasteiger partial charge < -0.3 is 10.2 Å². The Kier molecular flexibility index (Phi) is 6.91. The summed E-state index contributed by atoms with van der Waals surface area (Å²) in [4.78, 5) is 20.3. The van der Waals surface area contributed by atoms with Crippen molar-refractivity contribution < 1.29 is 4.79 Å². The Morgan fingerprint density at radius 2 is 2.03 bits per heavy atom. The molecule has 0 atom stereocenters. The van der Waals surface area contributed by atoms with Crippen LogP contribution < -0.4 is 10.2 Å². The van der Waals surface area contributed by atoms with Crippen molar-refractivity contribution in [2.24, 2.45) is 0 Å². The van der Waals surface area contributed by atoms with Crippen LogP contribution in [0, 0.1) is 4.77 Å². The number of nitrogens with one attached hydrogen (secondary N) is 2. The predicted molar refractivity (Wildman–Crippen MR) is 122 cm³/mol. The average molecular weight is 443 g/mol. The number of hydrogen-bond acceptors (Lipinski definition) is 6. The standard InChI is InChI=1S/C21H26N6OS2/c28-19(9-12-27-20(24-25-21(27)29)17-6-5-13-30-17)23-15-16-7-8-18(22-14-16)26-10-3-1-2-4-11-26/h5-8,13-14H,1-4,9-12,15H2,(H,23,28)(H,25,29). The molecule has 7 nitrogen and oxygen atoms in total. The molecule has 0 bridgehead atoms. The SMILES string of the molecule is O=C(CCn1c(-c2cccs2)n[nH]c1=S)NCc1ccc(N2CCCCCC2)nc1. The van der Waals surface area contributed by atoms with Crippen LogP contribution in [0.1, 0.15) is 37.7 Å². The third-order valence-corrected chi connectivity index (χ3v) is 6.47. The topological polar surface area (TPSA) is 78.8 Å². The molecule has 3 aromatic rings. The van der Waals surface area contributed by atoms with E-state index < -0.39 is 0 Å². The van der Waals surface area contributed by atoms with Crippen molar-refractivity contribution in [2.75, 3.05) is 18.0 Å². The number of carbonyl (C=O) groups is 1. The fourth-order valence-electron chi connectivity index (χ4n) is 3.63. The molecule has 0 spiro atoms. The van der Waals surface area contributed by atoms with E-state index in [1.54, 1.807) is 11.3 Å². The number of hydrogen-bond donors (Lipinski definition) is 2. The normalized spacial score (nSPS) is 14.5. The molecule has 0 saturated carbocycles. The first-order valence-electron chi connectivity index (χ1n) is 10.4. The smallest absolute Gasteiger partial charge is 0.222 e. The van der Waals surface area contributed by atoms with Gasteiger partial charge in [0.25, 0.3) is 0 Å². The van der Waals surface area contributed by atoms with Crippen LogP contribution in [0.5, 0.6) is 0 Å². The van der Waals surface area contributed by atoms with E-state index in [-0.39, 0.29) is 5.91 Å². The van der Waals surface area contributed by atoms with Crippen LogP contribution in [0.4, 0.5) is 5.82 Å². The number of amides is 1. The lowest BCUT2D eigenvalue weighted by Gasteiger charge is -2.21. The highest BCUT2D eigenvalue weighted by Gasteiger charge is 2.13. The van der Waals surface area contributed by atoms with E-state index in [1.807, 2.05) is 28.3 Å². The van der Waals surface area contributed by atoms with Gasteiger partial charge in [-0.25, -0.2) is 4.98 Å². The van der Waals surface area contributed by atoms with E-state index in [1.165, 1.54) is 25.7 Å². The Hall–Kier alpha value is -2.52. The van der Waals surface area contributed by atoms with Gasteiger partial charge in [0, 0.05) is 38.8 Å². The summed E-state index contributed by atoms with van der Waals surface area (Å²) in [6, 6.07) is 8.08. The van der Waals surface area contributed by atoms with Gasteiger partial charge in [0.05, 0.1) is 4.88 Å². The third-order valence-electron chi connectivity index (χ3n) is 5.29. The van der Waals surface area contributed by atoms with Crippen molar-refractivity contribution in [3.8, 4) is 10.7 Å². The first-order valence-corrected chi connectivity index (χ1v) is 11.6. The summed E-state index contributed by atoms with van der Waals surface area (Å²) >= 11 is 6.92. The van der Waals surface area contributed by atoms with Gasteiger partial charge in [0.1, 0.15) is 5.82 Å². The molecule has 0 aliphatic carbocycles. The van der Waals surface area contributed by atoms with Crippen LogP contribution in [-0.4, -0.2) is 38.7 Å². The van der Waals surface area contributed by atoms with E-state index in [0.717, 1.165) is 35.2 Å². The first kappa shape index (κ1) is 20.7. The Balaban J connectivity index is 1.28. The Bertz CT molecular complexity index is 1000. The molecular formula is C21H26N6OS2. The fraction of sp³-hybridized carbons (Fsp3) is 0.429. The van der Waals surface area contributed by atoms with Crippen molar-refractivity contribution in [3.63, 3.8) is 0 Å². The Morgan fingerprint density at radius 1 is 1.20 bits per heavy atom. The van der Waals surface area contributed by atoms with E-state index in [2.05, 4.69) is 37.5 Å². The number of thiophene rings is 1. The molecule has 0 aromatic carbocycles. The van der Waals surface area contributed by atoms with Gasteiger partial charge in [0.15, 0.2) is 10.6 Å². The quantitative estimate of drug-likeness (QED) is 0.538. The second kappa shape index (κ2) is 9.99. The number of nitrogens with zero attached hydrogens (tertiary/aromatic N) is 4. The molecule has 4 heterocycles. The van der Waals surface area contributed by atoms with Crippen molar-refractivity contribution >= 4 is 35.3 Å². The van der Waals surface area contributed by atoms with Gasteiger partial charge in [-0.05, 0) is 48.1 Å². The minimum atomic E-state index is -0.0215. The van der Waals surface area contributed by atoms with Gasteiger partial charge in [-0.3, -0.25) is 14.5 Å². The maximum Gasteiger partial charge on any atom is 0.222 e. The van der Waals surface area contributed by atoms with Gasteiger partial charge in [-0.2, -0.15) is 5.10 Å². The van der Waals surface area contributed by atoms with Gasteiger partial charge in [0.2, 0.25) is 5.91 Å². The summed E-state index contributed by atoms with van der Waals surface area (Å²) in [7, 11) is 0. The Morgan fingerprint density at radius 3 is 2.73 bits per heavy atom. The first-order chi connectivity index (χ1) is 14.7. The number of rotatable bonds is 7. The molecule has 1 fully saturated rings. The second-order valence-electron chi connectivity index (χ2n) is 7.43. The zero-order valence-electron chi connectivity index (χ0n) is 16.8. The van der Waals surface area contributed by atoms with E-state index in [4.69, 9.17) is 12.2 Å². The van der Waals surface area contributed by atoms with Crippen LogP contribution in [0.3, 0.4) is 0 Å². The molecular weight excluding hydrogens is 416 g/mol. The largest absolute Gasteiger partial charge is 0.357 e. The fourth-order valence-corrected chi connectivity index (χ4v) is 4.58. The van der Waals surface area contributed by atoms with Crippen LogP contribution in [0.2, 0.25) is 0 Å². The lowest BCUT2D eigenvalue weighted by Crippen LogP contribution is -2.26. The highest BCUT2D eigenvalue weighted by Crippen LogP contribution is 2.23. The second-order valence-corrected chi connectivity index (χ2v) is 8.77. The van der Waals surface area contributed by atoms with Crippen molar-refractivity contribution in [1.29, 1.82) is 0 Å². The summed E-state index contributed by atoms with van der Waals surface area (Å²) in [5.41, 5.74) is 1.00. The molecule has 4 rings (SSSR count). The molecule has 3 aromatic heterocycles. The van der Waals surface area contributed by atoms with Crippen molar-refractivity contribution in [1.82, 2.24) is 25.1 Å². The summed E-state index contributed by atoms with van der Waals surface area (Å²) in [6.45, 7) is 3.11. The third kappa shape index (κ3) is 5.14. The van der Waals surface area contributed by atoms with Crippen molar-refractivity contribution in [2.45, 2.75) is 45.2 Å². The number of anilines is 1. The summed E-state index contributed by atoms with van der Waals surface area (Å²) in [6.07, 6.45) is 7.27. The van der Waals surface area contributed by atoms with Crippen LogP contribution >= 0.6 is 23.6 Å². The summed E-state index contributed by atoms with van der Waals surface area (Å²) in [5, 5.41) is 12.1. The molecule has 2 N–H and O–H groups in total. The number of pyridine rings is 1. The van der Waals surface area contributed by atoms with E-state index in [0.29, 0.717) is 24.3 Å². The number of aromatic nitrogens is 4. The molecule has 0 radical (unpaired) electrons. The highest BCUT2D eigenvalue weighted by molar-refractivity contribution is 7.71. The molecule has 1 saturated heterocycles. The lowest BCUT2D eigenvalue weighted by atomic mass is 10.2. The average Bonchev–Trinajstić information content (AvgIpc) is 3.33. The maximum absolute atomic E-state index is 12.4. The van der Waals surface area contributed by atoms with Crippen LogP contribution in [-0.2, 0) is 17.9 Å². The van der Waals surface area contributed by atoms with Gasteiger partial charge in [-0.1, -0.05) is 25.0 Å². The maximum atomic E-state index is 12.4. The molecule has 1 aliphatic rings. The van der Waals surface area contributed by atoms with Gasteiger partial charge >= 0.3 is 0 Å². The lowest BCUT2D eigenvalue weighted by molar-refractivity contribution is -0.121. The minimum absolute atomic E-state index is 0.0215. The Labute approximate surface area is 185 Å². The molecule has 1 aliphatic heterocycles. The zero-order chi connectivity index (χ0) is 20.8. The van der Waals surface area contributed by atoms with Crippen molar-refractivity contribution in [3.05, 3.63) is 46.2 Å². The van der Waals surface area contributed by atoms with Crippen LogP contribution in [0.25, 0.3) is 10.7 Å². The predicted octanol–water partition coefficient (Wildman–Crippen LogP) is 4.15. The summed E-state index contributed by atoms with van der Waals surface area (Å²) < 4.78 is 2.40. The molecule has 0 unspecified atom stereocenters. The molecule has 9 heteroatoms. The molecule has 30 heavy (non-hydrogen) atoms. The van der Waals surface area contributed by atoms with E-state index in [9.17, 15) is 4.79 Å². The zero-order valence-corrected chi connectivity index (χ0v) is 18.5.